The Kier molecular flexibility index (Phi) is 7.05. The molecule has 0 unspecified atom stereocenters. The van der Waals surface area contributed by atoms with Crippen LogP contribution in [0.15, 0.2) is 48.7 Å². The van der Waals surface area contributed by atoms with Crippen molar-refractivity contribution in [2.45, 2.75) is 32.4 Å². The molecule has 8 heteroatoms. The number of ether oxygens (including phenoxy) is 1. The summed E-state index contributed by atoms with van der Waals surface area (Å²) in [4.78, 5) is 6.88. The van der Waals surface area contributed by atoms with Crippen LogP contribution < -0.4 is 5.32 Å². The molecule has 0 aliphatic carbocycles. The lowest BCUT2D eigenvalue weighted by atomic mass is 9.96. The van der Waals surface area contributed by atoms with Crippen molar-refractivity contribution >= 4 is 40.5 Å². The second kappa shape index (κ2) is 9.79. The van der Waals surface area contributed by atoms with Gasteiger partial charge in [-0.3, -0.25) is 4.98 Å². The van der Waals surface area contributed by atoms with Crippen molar-refractivity contribution in [3.05, 3.63) is 81.4 Å². The normalized spacial score (nSPS) is 18.3. The molecule has 168 valence electrons. The first-order valence-electron chi connectivity index (χ1n) is 10.5. The van der Waals surface area contributed by atoms with E-state index in [1.54, 1.807) is 13.2 Å². The fraction of sp³-hybridized carbons (Fsp3) is 0.333. The number of halogens is 2. The number of hydrogen-bond donors (Lipinski definition) is 1. The molecular weight excluding hydrogens is 463 g/mol. The maximum Gasteiger partial charge on any atom is 0.170 e. The number of rotatable bonds is 7. The molecule has 1 aromatic carbocycles. The van der Waals surface area contributed by atoms with Gasteiger partial charge in [0.05, 0.1) is 33.5 Å². The van der Waals surface area contributed by atoms with E-state index in [1.807, 2.05) is 36.5 Å². The predicted molar refractivity (Wildman–Crippen MR) is 134 cm³/mol. The van der Waals surface area contributed by atoms with Gasteiger partial charge in [-0.15, -0.1) is 0 Å². The second-order valence-electron chi connectivity index (χ2n) is 7.90. The van der Waals surface area contributed by atoms with Crippen LogP contribution in [0.25, 0.3) is 5.69 Å². The molecule has 3 aromatic rings. The second-order valence-corrected chi connectivity index (χ2v) is 9.07. The van der Waals surface area contributed by atoms with E-state index in [9.17, 15) is 0 Å². The fourth-order valence-corrected chi connectivity index (χ4v) is 5.20. The van der Waals surface area contributed by atoms with Crippen LogP contribution in [-0.4, -0.2) is 39.8 Å². The van der Waals surface area contributed by atoms with Crippen molar-refractivity contribution in [2.75, 3.05) is 20.3 Å². The summed E-state index contributed by atoms with van der Waals surface area (Å²) in [7, 11) is 1.72. The first kappa shape index (κ1) is 23.1. The smallest absolute Gasteiger partial charge is 0.170 e. The van der Waals surface area contributed by atoms with E-state index in [0.29, 0.717) is 16.7 Å². The number of pyridine rings is 1. The van der Waals surface area contributed by atoms with Crippen molar-refractivity contribution in [3.63, 3.8) is 0 Å². The van der Waals surface area contributed by atoms with Gasteiger partial charge in [0.25, 0.3) is 0 Å². The summed E-state index contributed by atoms with van der Waals surface area (Å²) >= 11 is 18.7. The minimum Gasteiger partial charge on any atom is -0.385 e. The Labute approximate surface area is 204 Å². The number of benzene rings is 1. The topological polar surface area (TPSA) is 42.3 Å². The third-order valence-corrected chi connectivity index (χ3v) is 7.07. The highest BCUT2D eigenvalue weighted by molar-refractivity contribution is 7.80. The van der Waals surface area contributed by atoms with Crippen LogP contribution in [0, 0.1) is 13.8 Å². The summed E-state index contributed by atoms with van der Waals surface area (Å²) in [5.74, 6) is 0. The van der Waals surface area contributed by atoms with Crippen LogP contribution in [-0.2, 0) is 4.74 Å². The molecule has 1 saturated heterocycles. The van der Waals surface area contributed by atoms with Gasteiger partial charge in [0.1, 0.15) is 0 Å². The minimum atomic E-state index is -0.0602. The molecule has 1 N–H and O–H groups in total. The highest BCUT2D eigenvalue weighted by atomic mass is 35.5. The minimum absolute atomic E-state index is 0.00725. The van der Waals surface area contributed by atoms with E-state index < -0.39 is 0 Å². The first-order valence-corrected chi connectivity index (χ1v) is 11.7. The molecule has 3 heterocycles. The maximum atomic E-state index is 6.58. The summed E-state index contributed by atoms with van der Waals surface area (Å²) in [5, 5.41) is 5.32. The van der Waals surface area contributed by atoms with Crippen molar-refractivity contribution < 1.29 is 4.74 Å². The molecule has 0 amide bonds. The summed E-state index contributed by atoms with van der Waals surface area (Å²) in [5.41, 5.74) is 5.19. The Hall–Kier alpha value is -2.12. The number of hydrogen-bond acceptors (Lipinski definition) is 3. The molecule has 1 aliphatic heterocycles. The lowest BCUT2D eigenvalue weighted by Crippen LogP contribution is -2.31. The number of aromatic nitrogens is 2. The number of nitrogens with zero attached hydrogens (tertiary/aromatic N) is 3. The van der Waals surface area contributed by atoms with Gasteiger partial charge in [0.2, 0.25) is 0 Å². The van der Waals surface area contributed by atoms with Crippen LogP contribution in [0.1, 0.15) is 41.1 Å². The lowest BCUT2D eigenvalue weighted by Gasteiger charge is -2.28. The van der Waals surface area contributed by atoms with Gasteiger partial charge < -0.3 is 19.5 Å². The molecule has 0 radical (unpaired) electrons. The van der Waals surface area contributed by atoms with Crippen molar-refractivity contribution in [1.82, 2.24) is 19.8 Å². The molecule has 0 spiro atoms. The Balaban J connectivity index is 1.82. The van der Waals surface area contributed by atoms with Crippen LogP contribution in [0.2, 0.25) is 10.0 Å². The van der Waals surface area contributed by atoms with Crippen molar-refractivity contribution in [2.24, 2.45) is 0 Å². The van der Waals surface area contributed by atoms with Gasteiger partial charge in [-0.25, -0.2) is 0 Å². The largest absolute Gasteiger partial charge is 0.385 e. The Morgan fingerprint density at radius 1 is 1.16 bits per heavy atom. The van der Waals surface area contributed by atoms with E-state index in [0.717, 1.165) is 40.8 Å². The fourth-order valence-electron chi connectivity index (χ4n) is 4.49. The molecule has 1 aliphatic rings. The summed E-state index contributed by atoms with van der Waals surface area (Å²) < 4.78 is 7.44. The summed E-state index contributed by atoms with van der Waals surface area (Å²) in [6.07, 6.45) is 2.70. The number of nitrogens with one attached hydrogen (secondary N) is 1. The third kappa shape index (κ3) is 4.25. The van der Waals surface area contributed by atoms with E-state index >= 15 is 0 Å². The zero-order chi connectivity index (χ0) is 22.8. The average Bonchev–Trinajstić information content (AvgIpc) is 3.26. The quantitative estimate of drug-likeness (QED) is 0.335. The molecule has 0 saturated carbocycles. The predicted octanol–water partition coefficient (Wildman–Crippen LogP) is 5.80. The van der Waals surface area contributed by atoms with Crippen molar-refractivity contribution in [1.29, 1.82) is 0 Å². The molecular formula is C24H26Cl2N4OS. The molecule has 0 bridgehead atoms. The molecule has 5 nitrogen and oxygen atoms in total. The van der Waals surface area contributed by atoms with Crippen molar-refractivity contribution in [3.8, 4) is 5.69 Å². The Bertz CT molecular complexity index is 1120. The van der Waals surface area contributed by atoms with Crippen LogP contribution in [0.4, 0.5) is 0 Å². The standard InChI is InChI=1S/C24H26Cl2N4OS/c1-15-14-17(16(2)30(15)20-10-6-8-18(25)21(20)26)23-22(19-9-4-5-11-27-19)28-24(32)29(23)12-7-13-31-3/h4-6,8-11,14,22-23H,7,12-13H2,1-3H3,(H,28,32)/t22-,23+/m1/s1. The summed E-state index contributed by atoms with van der Waals surface area (Å²) in [6.45, 7) is 5.66. The van der Waals surface area contributed by atoms with Gasteiger partial charge in [-0.2, -0.15) is 0 Å². The van der Waals surface area contributed by atoms with Crippen LogP contribution in [0.5, 0.6) is 0 Å². The van der Waals surface area contributed by atoms with Gasteiger partial charge in [0, 0.05) is 37.8 Å². The summed E-state index contributed by atoms with van der Waals surface area (Å²) in [6, 6.07) is 13.8. The van der Waals surface area contributed by atoms with Crippen LogP contribution >= 0.6 is 35.4 Å². The molecule has 2 aromatic heterocycles. The number of thiocarbonyl (C=S) groups is 1. The Morgan fingerprint density at radius 3 is 2.69 bits per heavy atom. The number of aryl methyl sites for hydroxylation is 1. The van der Waals surface area contributed by atoms with E-state index in [1.165, 1.54) is 5.56 Å². The van der Waals surface area contributed by atoms with E-state index in [2.05, 4.69) is 39.7 Å². The lowest BCUT2D eigenvalue weighted by molar-refractivity contribution is 0.180. The van der Waals surface area contributed by atoms with Gasteiger partial charge in [0.15, 0.2) is 5.11 Å². The maximum absolute atomic E-state index is 6.58. The zero-order valence-electron chi connectivity index (χ0n) is 18.3. The van der Waals surface area contributed by atoms with Crippen LogP contribution in [0.3, 0.4) is 0 Å². The van der Waals surface area contributed by atoms with Gasteiger partial charge >= 0.3 is 0 Å². The zero-order valence-corrected chi connectivity index (χ0v) is 20.6. The first-order chi connectivity index (χ1) is 15.4. The molecule has 32 heavy (non-hydrogen) atoms. The van der Waals surface area contributed by atoms with Gasteiger partial charge in [-0.05, 0) is 68.4 Å². The third-order valence-electron chi connectivity index (χ3n) is 5.91. The highest BCUT2D eigenvalue weighted by Crippen LogP contribution is 2.42. The molecule has 1 fully saturated rings. The highest BCUT2D eigenvalue weighted by Gasteiger charge is 2.41. The SMILES string of the molecule is COCCCN1C(=S)N[C@H](c2ccccn2)[C@@H]1c1cc(C)n(-c2cccc(Cl)c2Cl)c1C. The molecule has 4 rings (SSSR count). The van der Waals surface area contributed by atoms with Gasteiger partial charge in [-0.1, -0.05) is 35.3 Å². The monoisotopic (exact) mass is 488 g/mol. The van der Waals surface area contributed by atoms with E-state index in [-0.39, 0.29) is 12.1 Å². The molecule has 2 atom stereocenters. The number of methoxy groups -OCH3 is 1. The Morgan fingerprint density at radius 2 is 1.97 bits per heavy atom. The van der Waals surface area contributed by atoms with E-state index in [4.69, 9.17) is 40.2 Å². The average molecular weight is 489 g/mol.